The molecule has 0 amide bonds. The van der Waals surface area contributed by atoms with Crippen LogP contribution in [0.5, 0.6) is 23.0 Å². The molecule has 6 heteroatoms. The van der Waals surface area contributed by atoms with Gasteiger partial charge in [0.1, 0.15) is 17.2 Å². The summed E-state index contributed by atoms with van der Waals surface area (Å²) in [4.78, 5) is 8.91. The van der Waals surface area contributed by atoms with Crippen LogP contribution in [0.1, 0.15) is 0 Å². The van der Waals surface area contributed by atoms with Gasteiger partial charge < -0.3 is 19.4 Å². The smallest absolute Gasteiger partial charge is 0.241 e. The van der Waals surface area contributed by atoms with Gasteiger partial charge in [0.25, 0.3) is 0 Å². The van der Waals surface area contributed by atoms with Crippen molar-refractivity contribution < 1.29 is 29.6 Å². The van der Waals surface area contributed by atoms with Crippen molar-refractivity contribution in [2.75, 3.05) is 0 Å². The normalized spacial score (nSPS) is 11.6. The molecular weight excluding hydrogens is 743 g/mol. The Bertz CT molecular complexity index is 2090. The van der Waals surface area contributed by atoms with E-state index in [9.17, 15) is 0 Å². The Labute approximate surface area is 282 Å². The molecule has 4 heterocycles. The molecule has 2 aliphatic rings. The Balaban J connectivity index is 0.000000220. The summed E-state index contributed by atoms with van der Waals surface area (Å²) < 4.78 is 12.7. The van der Waals surface area contributed by atoms with E-state index in [1.54, 1.807) is 6.20 Å². The van der Waals surface area contributed by atoms with E-state index >= 15 is 0 Å². The van der Waals surface area contributed by atoms with Gasteiger partial charge in [-0.1, -0.05) is 78.4 Å². The number of rotatable bonds is 3. The molecule has 2 aliphatic heterocycles. The number of nitrogens with zero attached hydrogens (tertiary/aromatic N) is 2. The molecule has 0 aliphatic carbocycles. The second kappa shape index (κ2) is 13.0. The monoisotopic (exact) mass is 769 g/mol. The van der Waals surface area contributed by atoms with E-state index in [1.165, 1.54) is 0 Å². The summed E-state index contributed by atoms with van der Waals surface area (Å²) in [6.07, 6.45) is 3.64. The minimum absolute atomic E-state index is 0. The van der Waals surface area contributed by atoms with Crippen LogP contribution in [-0.4, -0.2) is 16.7 Å². The van der Waals surface area contributed by atoms with E-state index in [1.807, 2.05) is 109 Å². The first kappa shape index (κ1) is 29.4. The summed E-state index contributed by atoms with van der Waals surface area (Å²) in [5, 5.41) is 0. The molecule has 0 fully saturated rings. The number of ether oxygens (including phenoxy) is 2. The summed E-state index contributed by atoms with van der Waals surface area (Å²) in [7, 11) is 0. The van der Waals surface area contributed by atoms with Crippen molar-refractivity contribution in [3.8, 4) is 56.6 Å². The van der Waals surface area contributed by atoms with E-state index in [0.717, 1.165) is 73.0 Å². The van der Waals surface area contributed by atoms with Crippen LogP contribution in [0.3, 0.4) is 0 Å². The van der Waals surface area contributed by atoms with E-state index in [2.05, 4.69) is 53.5 Å². The van der Waals surface area contributed by atoms with Crippen molar-refractivity contribution in [1.29, 1.82) is 0 Å². The van der Waals surface area contributed by atoms with Crippen LogP contribution in [0.2, 0.25) is 0 Å². The average molecular weight is 769 g/mol. The molecule has 1 radical (unpaired) electrons. The fourth-order valence-electron chi connectivity index (χ4n) is 5.99. The van der Waals surface area contributed by atoms with Crippen LogP contribution in [0, 0.1) is 12.1 Å². The van der Waals surface area contributed by atoms with Crippen molar-refractivity contribution in [3.63, 3.8) is 0 Å². The second-order valence-corrected chi connectivity index (χ2v) is 10.8. The SMILES string of the molecule is [Ir].[c-]1ccc2c(c1-c1cc(-c3ccccc3)ccn1)Oc1cccc3c1B2c1ccccc1O3.[c-]1ccccc1-c1ccccn1. The number of aromatic nitrogens is 2. The second-order valence-electron chi connectivity index (χ2n) is 10.8. The maximum atomic E-state index is 6.52. The summed E-state index contributed by atoms with van der Waals surface area (Å²) in [6, 6.07) is 53.0. The Morgan fingerprint density at radius 1 is 0.522 bits per heavy atom. The van der Waals surface area contributed by atoms with Gasteiger partial charge in [0.2, 0.25) is 6.71 Å². The topological polar surface area (TPSA) is 44.2 Å². The first-order valence-electron chi connectivity index (χ1n) is 14.9. The largest absolute Gasteiger partial charge is 0.503 e. The van der Waals surface area contributed by atoms with E-state index in [0.29, 0.717) is 0 Å². The molecule has 0 atom stereocenters. The fourth-order valence-corrected chi connectivity index (χ4v) is 5.99. The van der Waals surface area contributed by atoms with E-state index in [4.69, 9.17) is 14.5 Å². The summed E-state index contributed by atoms with van der Waals surface area (Å²) in [5.41, 5.74) is 9.31. The van der Waals surface area contributed by atoms with Gasteiger partial charge >= 0.3 is 0 Å². The number of pyridine rings is 2. The molecule has 7 aromatic rings. The summed E-state index contributed by atoms with van der Waals surface area (Å²) in [5.74, 6) is 3.36. The minimum Gasteiger partial charge on any atom is -0.503 e. The molecular formula is C40H25BIrN2O2-2. The zero-order valence-corrected chi connectivity index (χ0v) is 27.0. The molecule has 5 aromatic carbocycles. The van der Waals surface area contributed by atoms with Crippen molar-refractivity contribution in [3.05, 3.63) is 164 Å². The number of fused-ring (bicyclic) bond motifs is 4. The van der Waals surface area contributed by atoms with Gasteiger partial charge in [-0.15, -0.1) is 59.6 Å². The molecule has 0 saturated heterocycles. The Morgan fingerprint density at radius 2 is 1.28 bits per heavy atom. The first-order chi connectivity index (χ1) is 22.3. The quantitative estimate of drug-likeness (QED) is 0.138. The third-order valence-corrected chi connectivity index (χ3v) is 8.04. The van der Waals surface area contributed by atoms with Crippen LogP contribution < -0.4 is 25.9 Å². The standard InChI is InChI=1S/C29H17BNO2.C11H8N.Ir/c1-2-8-19(9-3-1)20-16-17-31-24(18-20)21-10-6-12-23-29(21)33-27-15-7-14-26-28(27)30(23)22-11-4-5-13-25(22)32-26;1-2-6-10(7-3-1)11-8-4-5-9-12-11;/h1-9,11-18H;1-6,8-9H;/q2*-1;. The van der Waals surface area contributed by atoms with Gasteiger partial charge in [-0.3, -0.25) is 0 Å². The molecule has 4 nitrogen and oxygen atoms in total. The molecule has 0 N–H and O–H groups in total. The predicted octanol–water partition coefficient (Wildman–Crippen LogP) is 7.49. The van der Waals surface area contributed by atoms with E-state index in [-0.39, 0.29) is 26.8 Å². The maximum Gasteiger partial charge on any atom is 0.241 e. The minimum atomic E-state index is 0. The summed E-state index contributed by atoms with van der Waals surface area (Å²) in [6.45, 7) is 0.0376. The molecule has 2 aromatic heterocycles. The van der Waals surface area contributed by atoms with Crippen LogP contribution in [-0.2, 0) is 20.1 Å². The fraction of sp³-hybridized carbons (Fsp3) is 0. The van der Waals surface area contributed by atoms with Crippen molar-refractivity contribution in [1.82, 2.24) is 9.97 Å². The van der Waals surface area contributed by atoms with Gasteiger partial charge in [0.15, 0.2) is 0 Å². The average Bonchev–Trinajstić information content (AvgIpc) is 3.13. The Hall–Kier alpha value is -5.29. The molecule has 0 bridgehead atoms. The third-order valence-electron chi connectivity index (χ3n) is 8.04. The van der Waals surface area contributed by atoms with Gasteiger partial charge in [0.05, 0.1) is 0 Å². The maximum absolute atomic E-state index is 6.52. The van der Waals surface area contributed by atoms with Crippen LogP contribution in [0.25, 0.3) is 33.6 Å². The van der Waals surface area contributed by atoms with Gasteiger partial charge in [-0.05, 0) is 58.3 Å². The van der Waals surface area contributed by atoms with Crippen molar-refractivity contribution in [2.24, 2.45) is 0 Å². The van der Waals surface area contributed by atoms with Crippen molar-refractivity contribution >= 4 is 23.1 Å². The third kappa shape index (κ3) is 5.54. The van der Waals surface area contributed by atoms with Gasteiger partial charge in [-0.2, -0.15) is 0 Å². The molecule has 9 rings (SSSR count). The zero-order chi connectivity index (χ0) is 30.0. The number of benzene rings is 5. The zero-order valence-electron chi connectivity index (χ0n) is 24.6. The molecule has 0 unspecified atom stereocenters. The Morgan fingerprint density at radius 3 is 2.11 bits per heavy atom. The van der Waals surface area contributed by atoms with Crippen LogP contribution in [0.15, 0.2) is 152 Å². The first-order valence-corrected chi connectivity index (χ1v) is 14.9. The van der Waals surface area contributed by atoms with Gasteiger partial charge in [-0.25, -0.2) is 0 Å². The van der Waals surface area contributed by atoms with Crippen LogP contribution in [0.4, 0.5) is 0 Å². The van der Waals surface area contributed by atoms with E-state index < -0.39 is 0 Å². The Kier molecular flexibility index (Phi) is 8.30. The molecule has 221 valence electrons. The van der Waals surface area contributed by atoms with Gasteiger partial charge in [0, 0.05) is 43.7 Å². The molecule has 46 heavy (non-hydrogen) atoms. The molecule has 0 spiro atoms. The predicted molar refractivity (Wildman–Crippen MR) is 180 cm³/mol. The number of hydrogen-bond donors (Lipinski definition) is 0. The number of para-hydroxylation sites is 1. The number of hydrogen-bond acceptors (Lipinski definition) is 4. The summed E-state index contributed by atoms with van der Waals surface area (Å²) >= 11 is 0. The van der Waals surface area contributed by atoms with Crippen molar-refractivity contribution in [2.45, 2.75) is 0 Å². The molecule has 0 saturated carbocycles. The van der Waals surface area contributed by atoms with Crippen LogP contribution >= 0.6 is 0 Å².